The molecule has 0 spiro atoms. The zero-order valence-corrected chi connectivity index (χ0v) is 22.9. The molecular formula is C25H21BrF5N2O6P. The number of halogens is 6. The van der Waals surface area contributed by atoms with Gasteiger partial charge in [-0.25, -0.2) is 13.8 Å². The summed E-state index contributed by atoms with van der Waals surface area (Å²) in [4.78, 5) is 15.8. The zero-order chi connectivity index (χ0) is 29.4. The molecule has 40 heavy (non-hydrogen) atoms. The largest absolute Gasteiger partial charge is 0.475 e. The fourth-order valence-corrected chi connectivity index (χ4v) is 4.50. The van der Waals surface area contributed by atoms with Crippen molar-refractivity contribution in [1.29, 1.82) is 0 Å². The van der Waals surface area contributed by atoms with Gasteiger partial charge in [0.15, 0.2) is 22.3 Å². The summed E-state index contributed by atoms with van der Waals surface area (Å²) >= 11 is 3.17. The van der Waals surface area contributed by atoms with Crippen LogP contribution in [-0.2, 0) is 19.7 Å². The van der Waals surface area contributed by atoms with Crippen molar-refractivity contribution < 1.29 is 49.5 Å². The predicted octanol–water partition coefficient (Wildman–Crippen LogP) is 7.27. The van der Waals surface area contributed by atoms with E-state index < -0.39 is 61.9 Å². The van der Waals surface area contributed by atoms with Crippen molar-refractivity contribution in [3.05, 3.63) is 95.0 Å². The Morgan fingerprint density at radius 3 is 2.25 bits per heavy atom. The monoisotopic (exact) mass is 650 g/mol. The lowest BCUT2D eigenvalue weighted by Crippen LogP contribution is -2.19. The molecule has 0 radical (unpaired) electrons. The van der Waals surface area contributed by atoms with Gasteiger partial charge in [0.1, 0.15) is 23.7 Å². The van der Waals surface area contributed by atoms with Crippen molar-refractivity contribution in [2.24, 2.45) is 5.73 Å². The predicted molar refractivity (Wildman–Crippen MR) is 138 cm³/mol. The van der Waals surface area contributed by atoms with Gasteiger partial charge in [-0.3, -0.25) is 4.79 Å². The Morgan fingerprint density at radius 1 is 1.07 bits per heavy atom. The van der Waals surface area contributed by atoms with E-state index in [-0.39, 0.29) is 35.0 Å². The molecule has 214 valence electrons. The molecular weight excluding hydrogens is 630 g/mol. The summed E-state index contributed by atoms with van der Waals surface area (Å²) in [5, 5.41) is 0. The topological polar surface area (TPSA) is 106 Å². The zero-order valence-electron chi connectivity index (χ0n) is 20.4. The SMILES string of the molecule is C=CCOP(OCC=C)OCC(Oc1ccc(F)c(C(N)=O)c1F)c1nc(-c2ccc(C(F)(F)F)cc2)c(Br)o1. The van der Waals surface area contributed by atoms with Crippen LogP contribution in [0.1, 0.15) is 27.9 Å². The first-order valence-corrected chi connectivity index (χ1v) is 13.0. The summed E-state index contributed by atoms with van der Waals surface area (Å²) in [6.07, 6.45) is -3.00. The number of carbonyl (C=O) groups excluding carboxylic acids is 1. The number of benzene rings is 2. The van der Waals surface area contributed by atoms with Crippen LogP contribution in [0, 0.1) is 11.6 Å². The molecule has 0 bridgehead atoms. The highest BCUT2D eigenvalue weighted by Crippen LogP contribution is 2.42. The van der Waals surface area contributed by atoms with Crippen LogP contribution < -0.4 is 10.5 Å². The molecule has 0 saturated heterocycles. The number of hydrogen-bond acceptors (Lipinski definition) is 7. The van der Waals surface area contributed by atoms with E-state index in [0.717, 1.165) is 24.3 Å². The van der Waals surface area contributed by atoms with Gasteiger partial charge in [0.25, 0.3) is 5.91 Å². The van der Waals surface area contributed by atoms with Crippen molar-refractivity contribution in [3.8, 4) is 17.0 Å². The van der Waals surface area contributed by atoms with Gasteiger partial charge in [0.05, 0.1) is 18.8 Å². The summed E-state index contributed by atoms with van der Waals surface area (Å²) in [5.41, 5.74) is 3.55. The molecule has 0 aliphatic heterocycles. The van der Waals surface area contributed by atoms with Crippen LogP contribution in [0.15, 0.2) is 70.8 Å². The van der Waals surface area contributed by atoms with Gasteiger partial charge >= 0.3 is 14.8 Å². The van der Waals surface area contributed by atoms with Gasteiger partial charge in [0.2, 0.25) is 5.89 Å². The quantitative estimate of drug-likeness (QED) is 0.111. The highest BCUT2D eigenvalue weighted by molar-refractivity contribution is 9.10. The van der Waals surface area contributed by atoms with Crippen molar-refractivity contribution >= 4 is 30.4 Å². The van der Waals surface area contributed by atoms with Gasteiger partial charge in [-0.1, -0.05) is 24.3 Å². The minimum atomic E-state index is -4.54. The van der Waals surface area contributed by atoms with Gasteiger partial charge in [-0.15, -0.1) is 13.2 Å². The average Bonchev–Trinajstić information content (AvgIpc) is 3.29. The second kappa shape index (κ2) is 14.0. The summed E-state index contributed by atoms with van der Waals surface area (Å²) in [7, 11) is -2.00. The average molecular weight is 651 g/mol. The van der Waals surface area contributed by atoms with E-state index in [2.05, 4.69) is 34.1 Å². The molecule has 3 rings (SSSR count). The number of oxazole rings is 1. The minimum Gasteiger partial charge on any atom is -0.475 e. The molecule has 1 atom stereocenters. The number of primary amides is 1. The van der Waals surface area contributed by atoms with Crippen molar-refractivity contribution in [2.75, 3.05) is 19.8 Å². The molecule has 1 heterocycles. The Labute approximate surface area is 234 Å². The van der Waals surface area contributed by atoms with Crippen LogP contribution in [0.4, 0.5) is 22.0 Å². The lowest BCUT2D eigenvalue weighted by molar-refractivity contribution is -0.137. The van der Waals surface area contributed by atoms with Crippen LogP contribution in [-0.4, -0.2) is 30.7 Å². The van der Waals surface area contributed by atoms with Crippen LogP contribution in [0.2, 0.25) is 0 Å². The molecule has 8 nitrogen and oxygen atoms in total. The van der Waals surface area contributed by atoms with E-state index in [9.17, 15) is 26.7 Å². The van der Waals surface area contributed by atoms with E-state index in [4.69, 9.17) is 28.5 Å². The summed E-state index contributed by atoms with van der Waals surface area (Å²) < 4.78 is 95.7. The third-order valence-electron chi connectivity index (χ3n) is 4.86. The number of hydrogen-bond donors (Lipinski definition) is 1. The maximum Gasteiger partial charge on any atom is 0.416 e. The van der Waals surface area contributed by atoms with Crippen LogP contribution >= 0.6 is 24.5 Å². The first-order valence-electron chi connectivity index (χ1n) is 11.1. The number of rotatable bonds is 14. The van der Waals surface area contributed by atoms with Crippen LogP contribution in [0.25, 0.3) is 11.3 Å². The fraction of sp³-hybridized carbons (Fsp3) is 0.200. The van der Waals surface area contributed by atoms with E-state index in [1.807, 2.05) is 0 Å². The van der Waals surface area contributed by atoms with E-state index >= 15 is 0 Å². The standard InChI is InChI=1S/C25H21BrF5N2O6P/c1-3-11-35-40(36-12-4-2)37-13-18(38-17-10-9-16(27)19(20(17)28)23(32)34)24-33-21(22(26)39-24)14-5-7-15(8-6-14)25(29,30)31/h3-10,18H,1-2,11-13H2,(H2,32,34). The lowest BCUT2D eigenvalue weighted by atomic mass is 10.1. The van der Waals surface area contributed by atoms with Gasteiger partial charge < -0.3 is 28.5 Å². The van der Waals surface area contributed by atoms with Gasteiger partial charge in [-0.2, -0.15) is 13.2 Å². The first kappa shape index (κ1) is 31.4. The Balaban J connectivity index is 1.97. The molecule has 15 heteroatoms. The Hall–Kier alpha value is -3.16. The Bertz CT molecular complexity index is 1340. The molecule has 0 aliphatic carbocycles. The second-order valence-corrected chi connectivity index (χ2v) is 9.59. The second-order valence-electron chi connectivity index (χ2n) is 7.64. The first-order chi connectivity index (χ1) is 19.0. The van der Waals surface area contributed by atoms with Crippen molar-refractivity contribution in [3.63, 3.8) is 0 Å². The molecule has 0 saturated carbocycles. The van der Waals surface area contributed by atoms with Crippen molar-refractivity contribution in [1.82, 2.24) is 4.98 Å². The van der Waals surface area contributed by atoms with Crippen molar-refractivity contribution in [2.45, 2.75) is 12.3 Å². The Kier molecular flexibility index (Phi) is 10.9. The summed E-state index contributed by atoms with van der Waals surface area (Å²) in [6.45, 7) is 6.77. The number of alkyl halides is 3. The highest BCUT2D eigenvalue weighted by Gasteiger charge is 2.31. The number of ether oxygens (including phenoxy) is 1. The maximum absolute atomic E-state index is 14.9. The molecule has 1 amide bonds. The molecule has 0 aliphatic rings. The third-order valence-corrected chi connectivity index (χ3v) is 6.48. The maximum atomic E-state index is 14.9. The molecule has 1 aromatic heterocycles. The number of aromatic nitrogens is 1. The smallest absolute Gasteiger partial charge is 0.416 e. The Morgan fingerprint density at radius 2 is 1.70 bits per heavy atom. The number of nitrogens with two attached hydrogens (primary N) is 1. The summed E-state index contributed by atoms with van der Waals surface area (Å²) in [6, 6.07) is 5.81. The molecule has 3 aromatic rings. The van der Waals surface area contributed by atoms with E-state index in [0.29, 0.717) is 0 Å². The molecule has 1 unspecified atom stereocenters. The normalized spacial score (nSPS) is 12.4. The summed E-state index contributed by atoms with van der Waals surface area (Å²) in [5.74, 6) is -4.74. The third kappa shape index (κ3) is 7.95. The van der Waals surface area contributed by atoms with Gasteiger partial charge in [-0.05, 0) is 40.2 Å². The molecule has 0 fully saturated rings. The van der Waals surface area contributed by atoms with Crippen LogP contribution in [0.3, 0.4) is 0 Å². The number of amides is 1. The lowest BCUT2D eigenvalue weighted by Gasteiger charge is -2.20. The molecule has 2 aromatic carbocycles. The number of nitrogens with zero attached hydrogens (tertiary/aromatic N) is 1. The highest BCUT2D eigenvalue weighted by atomic mass is 79.9. The fourth-order valence-electron chi connectivity index (χ4n) is 3.08. The number of carbonyl (C=O) groups is 1. The van der Waals surface area contributed by atoms with Gasteiger partial charge in [0, 0.05) is 5.56 Å². The molecule has 2 N–H and O–H groups in total. The van der Waals surface area contributed by atoms with Crippen LogP contribution in [0.5, 0.6) is 5.75 Å². The minimum absolute atomic E-state index is 0.0151. The van der Waals surface area contributed by atoms with E-state index in [1.165, 1.54) is 24.3 Å². The van der Waals surface area contributed by atoms with E-state index in [1.54, 1.807) is 0 Å².